The molecule has 1 heterocycles. The zero-order valence-electron chi connectivity index (χ0n) is 7.37. The predicted molar refractivity (Wildman–Crippen MR) is 55.9 cm³/mol. The second-order valence-electron chi connectivity index (χ2n) is 2.80. The summed E-state index contributed by atoms with van der Waals surface area (Å²) in [5.74, 6) is 0.299. The highest BCUT2D eigenvalue weighted by Crippen LogP contribution is 2.13. The summed E-state index contributed by atoms with van der Waals surface area (Å²) in [4.78, 5) is 0. The van der Waals surface area contributed by atoms with Gasteiger partial charge in [-0.2, -0.15) is 0 Å². The quantitative estimate of drug-likeness (QED) is 0.761. The lowest BCUT2D eigenvalue weighted by Gasteiger charge is -1.87. The van der Waals surface area contributed by atoms with Gasteiger partial charge in [-0.25, -0.2) is 0 Å². The summed E-state index contributed by atoms with van der Waals surface area (Å²) in [7, 11) is 0. The van der Waals surface area contributed by atoms with Crippen LogP contribution in [0.1, 0.15) is 12.8 Å². The highest BCUT2D eigenvalue weighted by Gasteiger charge is 1.94. The molecule has 0 radical (unpaired) electrons. The lowest BCUT2D eigenvalue weighted by atomic mass is 10.3. The zero-order chi connectivity index (χ0) is 9.52. The van der Waals surface area contributed by atoms with E-state index in [0.717, 1.165) is 17.7 Å². The van der Waals surface area contributed by atoms with Gasteiger partial charge in [-0.1, -0.05) is 15.9 Å². The summed E-state index contributed by atoms with van der Waals surface area (Å²) in [6, 6.07) is 6.83. The summed E-state index contributed by atoms with van der Waals surface area (Å²) in [5.41, 5.74) is 0. The van der Waals surface area contributed by atoms with Gasteiger partial charge in [0.15, 0.2) is 0 Å². The van der Waals surface area contributed by atoms with Gasteiger partial charge in [0.25, 0.3) is 0 Å². The molecule has 13 heavy (non-hydrogen) atoms. The molecule has 2 rings (SSSR count). The molecule has 1 aliphatic rings. The van der Waals surface area contributed by atoms with Crippen LogP contribution in [0.5, 0.6) is 5.75 Å². The number of rotatable bonds is 0. The van der Waals surface area contributed by atoms with E-state index in [2.05, 4.69) is 15.9 Å². The minimum absolute atomic E-state index is 0.299. The molecule has 0 bridgehead atoms. The van der Waals surface area contributed by atoms with E-state index in [1.165, 1.54) is 12.8 Å². The zero-order valence-corrected chi connectivity index (χ0v) is 8.96. The third-order valence-corrected chi connectivity index (χ3v) is 2.18. The van der Waals surface area contributed by atoms with E-state index in [1.54, 1.807) is 24.3 Å². The number of halogens is 1. The molecule has 0 saturated carbocycles. The lowest BCUT2D eigenvalue weighted by Crippen LogP contribution is -1.74. The van der Waals surface area contributed by atoms with Crippen molar-refractivity contribution in [1.29, 1.82) is 0 Å². The van der Waals surface area contributed by atoms with Gasteiger partial charge in [-0.05, 0) is 37.1 Å². The molecule has 2 nitrogen and oxygen atoms in total. The van der Waals surface area contributed by atoms with E-state index in [1.807, 2.05) is 0 Å². The number of hydrogen-bond donors (Lipinski definition) is 1. The Kier molecular flexibility index (Phi) is 4.86. The van der Waals surface area contributed by atoms with Crippen molar-refractivity contribution in [3.05, 3.63) is 28.7 Å². The monoisotopic (exact) mass is 244 g/mol. The van der Waals surface area contributed by atoms with Crippen LogP contribution in [0.2, 0.25) is 0 Å². The van der Waals surface area contributed by atoms with Crippen molar-refractivity contribution in [2.24, 2.45) is 0 Å². The largest absolute Gasteiger partial charge is 0.508 e. The number of ether oxygens (including phenoxy) is 1. The minimum Gasteiger partial charge on any atom is -0.508 e. The van der Waals surface area contributed by atoms with Gasteiger partial charge in [0.05, 0.1) is 0 Å². The van der Waals surface area contributed by atoms with Gasteiger partial charge in [0.1, 0.15) is 5.75 Å². The maximum Gasteiger partial charge on any atom is 0.115 e. The molecule has 1 aliphatic heterocycles. The maximum atomic E-state index is 8.74. The first-order chi connectivity index (χ1) is 6.29. The standard InChI is InChI=1S/C6H5BrO.C4H8O/c7-5-1-3-6(8)4-2-5;1-2-4-5-3-1/h1-4,8H;1-4H2. The van der Waals surface area contributed by atoms with Crippen LogP contribution in [0.15, 0.2) is 28.7 Å². The van der Waals surface area contributed by atoms with Gasteiger partial charge in [-0.15, -0.1) is 0 Å². The highest BCUT2D eigenvalue weighted by molar-refractivity contribution is 9.10. The Morgan fingerprint density at radius 2 is 1.62 bits per heavy atom. The molecule has 1 saturated heterocycles. The fourth-order valence-electron chi connectivity index (χ4n) is 0.951. The van der Waals surface area contributed by atoms with Crippen molar-refractivity contribution in [3.63, 3.8) is 0 Å². The van der Waals surface area contributed by atoms with Crippen LogP contribution in [-0.2, 0) is 4.74 Å². The molecule has 0 spiro atoms. The fraction of sp³-hybridized carbons (Fsp3) is 0.400. The average molecular weight is 245 g/mol. The number of phenols is 1. The number of aromatic hydroxyl groups is 1. The van der Waals surface area contributed by atoms with Crippen LogP contribution in [-0.4, -0.2) is 18.3 Å². The maximum absolute atomic E-state index is 8.74. The molecule has 0 unspecified atom stereocenters. The lowest BCUT2D eigenvalue weighted by molar-refractivity contribution is 0.198. The molecule has 72 valence electrons. The van der Waals surface area contributed by atoms with Gasteiger partial charge >= 0.3 is 0 Å². The number of benzene rings is 1. The Labute approximate surface area is 86.7 Å². The van der Waals surface area contributed by atoms with E-state index < -0.39 is 0 Å². The van der Waals surface area contributed by atoms with Crippen molar-refractivity contribution in [3.8, 4) is 5.75 Å². The summed E-state index contributed by atoms with van der Waals surface area (Å²) in [5, 5.41) is 8.74. The van der Waals surface area contributed by atoms with Crippen molar-refractivity contribution in [2.75, 3.05) is 13.2 Å². The highest BCUT2D eigenvalue weighted by atomic mass is 79.9. The first-order valence-corrected chi connectivity index (χ1v) is 5.10. The molecule has 1 fully saturated rings. The minimum atomic E-state index is 0.299. The van der Waals surface area contributed by atoms with E-state index in [0.29, 0.717) is 5.75 Å². The number of phenolic OH excluding ortho intramolecular Hbond substituents is 1. The first-order valence-electron chi connectivity index (χ1n) is 4.31. The van der Waals surface area contributed by atoms with Crippen LogP contribution in [0.3, 0.4) is 0 Å². The van der Waals surface area contributed by atoms with Crippen LogP contribution in [0, 0.1) is 0 Å². The molecule has 1 aromatic rings. The topological polar surface area (TPSA) is 29.5 Å². The Morgan fingerprint density at radius 1 is 1.08 bits per heavy atom. The van der Waals surface area contributed by atoms with E-state index >= 15 is 0 Å². The molecule has 1 aromatic carbocycles. The molecule has 1 N–H and O–H groups in total. The van der Waals surface area contributed by atoms with Gasteiger partial charge in [0, 0.05) is 17.7 Å². The van der Waals surface area contributed by atoms with Crippen molar-refractivity contribution < 1.29 is 9.84 Å². The normalized spacial score (nSPS) is 14.8. The first kappa shape index (κ1) is 10.5. The molecular formula is C10H13BrO2. The second kappa shape index (κ2) is 6.00. The van der Waals surface area contributed by atoms with Gasteiger partial charge in [-0.3, -0.25) is 0 Å². The van der Waals surface area contributed by atoms with Crippen LogP contribution in [0.25, 0.3) is 0 Å². The van der Waals surface area contributed by atoms with E-state index in [-0.39, 0.29) is 0 Å². The van der Waals surface area contributed by atoms with Crippen molar-refractivity contribution in [2.45, 2.75) is 12.8 Å². The van der Waals surface area contributed by atoms with E-state index in [4.69, 9.17) is 9.84 Å². The van der Waals surface area contributed by atoms with Gasteiger partial charge < -0.3 is 9.84 Å². The SMILES string of the molecule is C1CCOC1.Oc1ccc(Br)cc1. The molecule has 3 heteroatoms. The van der Waals surface area contributed by atoms with Crippen LogP contribution >= 0.6 is 15.9 Å². The second-order valence-corrected chi connectivity index (χ2v) is 3.71. The summed E-state index contributed by atoms with van der Waals surface area (Å²) in [6.45, 7) is 2.00. The Balaban J connectivity index is 0.000000145. The summed E-state index contributed by atoms with van der Waals surface area (Å²) in [6.07, 6.45) is 2.56. The molecule has 0 aromatic heterocycles. The summed E-state index contributed by atoms with van der Waals surface area (Å²) < 4.78 is 5.93. The molecule has 0 aliphatic carbocycles. The third kappa shape index (κ3) is 4.90. The molecule has 0 atom stereocenters. The average Bonchev–Trinajstić information content (AvgIpc) is 2.68. The Bertz CT molecular complexity index is 201. The number of hydrogen-bond acceptors (Lipinski definition) is 2. The fourth-order valence-corrected chi connectivity index (χ4v) is 1.22. The van der Waals surface area contributed by atoms with Gasteiger partial charge in [0.2, 0.25) is 0 Å². The van der Waals surface area contributed by atoms with Crippen LogP contribution in [0.4, 0.5) is 0 Å². The summed E-state index contributed by atoms with van der Waals surface area (Å²) >= 11 is 3.23. The third-order valence-electron chi connectivity index (χ3n) is 1.65. The molecule has 0 amide bonds. The predicted octanol–water partition coefficient (Wildman–Crippen LogP) is 2.95. The Morgan fingerprint density at radius 3 is 1.92 bits per heavy atom. The molecular weight excluding hydrogens is 232 g/mol. The van der Waals surface area contributed by atoms with Crippen molar-refractivity contribution in [1.82, 2.24) is 0 Å². The Hall–Kier alpha value is -0.540. The smallest absolute Gasteiger partial charge is 0.115 e. The van der Waals surface area contributed by atoms with E-state index in [9.17, 15) is 0 Å². The van der Waals surface area contributed by atoms with Crippen LogP contribution < -0.4 is 0 Å². The van der Waals surface area contributed by atoms with Crippen molar-refractivity contribution >= 4 is 15.9 Å².